The second-order valence-corrected chi connectivity index (χ2v) is 3.61. The van der Waals surface area contributed by atoms with Crippen molar-refractivity contribution in [2.45, 2.75) is 33.0 Å². The van der Waals surface area contributed by atoms with Gasteiger partial charge in [-0.05, 0) is 26.8 Å². The van der Waals surface area contributed by atoms with Crippen LogP contribution in [-0.4, -0.2) is 12.8 Å². The van der Waals surface area contributed by atoms with Gasteiger partial charge in [0.05, 0.1) is 6.04 Å². The number of halogens is 3. The highest BCUT2D eigenvalue weighted by atomic mass is 19.4. The van der Waals surface area contributed by atoms with Crippen LogP contribution in [0.5, 0.6) is 0 Å². The van der Waals surface area contributed by atoms with Crippen LogP contribution in [0.4, 0.5) is 13.2 Å². The molecule has 1 atom stereocenters. The van der Waals surface area contributed by atoms with Gasteiger partial charge in [0.1, 0.15) is 11.5 Å². The van der Waals surface area contributed by atoms with E-state index in [0.717, 1.165) is 11.3 Å². The lowest BCUT2D eigenvalue weighted by Crippen LogP contribution is -2.26. The summed E-state index contributed by atoms with van der Waals surface area (Å²) in [5.74, 6) is 1.39. The minimum Gasteiger partial charge on any atom is -0.466 e. The van der Waals surface area contributed by atoms with Gasteiger partial charge >= 0.3 is 6.18 Å². The van der Waals surface area contributed by atoms with Crippen molar-refractivity contribution in [1.82, 2.24) is 5.48 Å². The Hall–Kier alpha value is -1.01. The lowest BCUT2D eigenvalue weighted by atomic mass is 10.1. The van der Waals surface area contributed by atoms with Gasteiger partial charge in [-0.2, -0.15) is 18.7 Å². The van der Waals surface area contributed by atoms with Crippen molar-refractivity contribution in [3.63, 3.8) is 0 Å². The molecule has 0 bridgehead atoms. The highest BCUT2D eigenvalue weighted by Crippen LogP contribution is 2.21. The van der Waals surface area contributed by atoms with Gasteiger partial charge in [0, 0.05) is 5.56 Å². The monoisotopic (exact) mass is 237 g/mol. The van der Waals surface area contributed by atoms with Crippen LogP contribution in [-0.2, 0) is 4.84 Å². The number of nitrogens with one attached hydrogen (secondary N) is 1. The Balaban J connectivity index is 2.47. The van der Waals surface area contributed by atoms with Crippen LogP contribution in [0, 0.1) is 13.8 Å². The summed E-state index contributed by atoms with van der Waals surface area (Å²) in [6.45, 7) is 3.92. The molecule has 1 heterocycles. The topological polar surface area (TPSA) is 34.4 Å². The summed E-state index contributed by atoms with van der Waals surface area (Å²) in [5, 5.41) is 0. The molecule has 0 aliphatic heterocycles. The molecule has 1 unspecified atom stereocenters. The fourth-order valence-corrected chi connectivity index (χ4v) is 1.39. The van der Waals surface area contributed by atoms with E-state index in [1.54, 1.807) is 26.8 Å². The van der Waals surface area contributed by atoms with Crippen LogP contribution in [0.15, 0.2) is 10.5 Å². The van der Waals surface area contributed by atoms with Crippen molar-refractivity contribution in [3.8, 4) is 0 Å². The van der Waals surface area contributed by atoms with Crippen molar-refractivity contribution in [3.05, 3.63) is 23.2 Å². The molecule has 6 heteroatoms. The number of furan rings is 1. The van der Waals surface area contributed by atoms with E-state index in [9.17, 15) is 13.2 Å². The molecule has 0 aromatic carbocycles. The van der Waals surface area contributed by atoms with Crippen LogP contribution in [0.3, 0.4) is 0 Å². The molecule has 92 valence electrons. The van der Waals surface area contributed by atoms with Crippen molar-refractivity contribution in [2.75, 3.05) is 6.61 Å². The van der Waals surface area contributed by atoms with Gasteiger partial charge in [0.25, 0.3) is 0 Å². The Labute approximate surface area is 91.5 Å². The average molecular weight is 237 g/mol. The molecule has 16 heavy (non-hydrogen) atoms. The Bertz CT molecular complexity index is 346. The number of hydroxylamine groups is 1. The first-order valence-corrected chi connectivity index (χ1v) is 4.80. The number of aryl methyl sites for hydroxylation is 2. The smallest absolute Gasteiger partial charge is 0.413 e. The third-order valence-electron chi connectivity index (χ3n) is 2.04. The second-order valence-electron chi connectivity index (χ2n) is 3.61. The number of hydrogen-bond acceptors (Lipinski definition) is 3. The summed E-state index contributed by atoms with van der Waals surface area (Å²) in [6, 6.07) is 1.42. The molecule has 1 N–H and O–H groups in total. The van der Waals surface area contributed by atoms with Crippen LogP contribution in [0.25, 0.3) is 0 Å². The molecule has 1 aromatic heterocycles. The first-order valence-electron chi connectivity index (χ1n) is 4.80. The van der Waals surface area contributed by atoms with Crippen LogP contribution in [0.1, 0.15) is 30.0 Å². The number of rotatable bonds is 4. The summed E-state index contributed by atoms with van der Waals surface area (Å²) in [7, 11) is 0. The molecule has 3 nitrogen and oxygen atoms in total. The van der Waals surface area contributed by atoms with Gasteiger partial charge in [0.15, 0.2) is 6.61 Å². The van der Waals surface area contributed by atoms with Gasteiger partial charge in [-0.3, -0.25) is 4.84 Å². The predicted octanol–water partition coefficient (Wildman–Crippen LogP) is 3.04. The fraction of sp³-hybridized carbons (Fsp3) is 0.600. The Morgan fingerprint density at radius 3 is 2.50 bits per heavy atom. The molecule has 1 rings (SSSR count). The lowest BCUT2D eigenvalue weighted by molar-refractivity contribution is -0.192. The van der Waals surface area contributed by atoms with Crippen molar-refractivity contribution in [2.24, 2.45) is 0 Å². The van der Waals surface area contributed by atoms with Gasteiger partial charge in [-0.15, -0.1) is 0 Å². The quantitative estimate of drug-likeness (QED) is 0.817. The number of hydrogen-bond donors (Lipinski definition) is 1. The van der Waals surface area contributed by atoms with E-state index < -0.39 is 12.8 Å². The summed E-state index contributed by atoms with van der Waals surface area (Å²) in [6.07, 6.45) is -4.33. The van der Waals surface area contributed by atoms with Gasteiger partial charge in [-0.1, -0.05) is 0 Å². The predicted molar refractivity (Wildman–Crippen MR) is 51.7 cm³/mol. The van der Waals surface area contributed by atoms with Crippen molar-refractivity contribution >= 4 is 0 Å². The Kier molecular flexibility index (Phi) is 3.98. The first-order chi connectivity index (χ1) is 7.29. The maximum atomic E-state index is 11.8. The van der Waals surface area contributed by atoms with E-state index in [1.165, 1.54) is 0 Å². The molecule has 0 radical (unpaired) electrons. The molecule has 1 aromatic rings. The van der Waals surface area contributed by atoms with E-state index in [1.807, 2.05) is 0 Å². The zero-order chi connectivity index (χ0) is 12.3. The minimum absolute atomic E-state index is 0.347. The molecular weight excluding hydrogens is 223 g/mol. The van der Waals surface area contributed by atoms with E-state index in [4.69, 9.17) is 4.42 Å². The molecule has 0 saturated carbocycles. The molecule has 0 spiro atoms. The van der Waals surface area contributed by atoms with E-state index in [0.29, 0.717) is 5.76 Å². The van der Waals surface area contributed by atoms with Crippen LogP contribution in [0.2, 0.25) is 0 Å². The van der Waals surface area contributed by atoms with Crippen LogP contribution >= 0.6 is 0 Å². The van der Waals surface area contributed by atoms with Crippen molar-refractivity contribution < 1.29 is 22.4 Å². The molecule has 0 fully saturated rings. The van der Waals surface area contributed by atoms with Gasteiger partial charge in [0.2, 0.25) is 0 Å². The standard InChI is InChI=1S/C10H14F3NO2/c1-6-4-9(8(3)16-6)7(2)14-15-5-10(11,12)13/h4,7,14H,5H2,1-3H3. The highest BCUT2D eigenvalue weighted by molar-refractivity contribution is 5.22. The van der Waals surface area contributed by atoms with Gasteiger partial charge in [-0.25, -0.2) is 0 Å². The minimum atomic E-state index is -4.33. The maximum absolute atomic E-state index is 11.8. The third kappa shape index (κ3) is 3.86. The largest absolute Gasteiger partial charge is 0.466 e. The number of alkyl halides is 3. The summed E-state index contributed by atoms with van der Waals surface area (Å²) < 4.78 is 40.7. The third-order valence-corrected chi connectivity index (χ3v) is 2.04. The SMILES string of the molecule is Cc1cc(C(C)NOCC(F)(F)F)c(C)o1. The Morgan fingerprint density at radius 2 is 2.06 bits per heavy atom. The van der Waals surface area contributed by atoms with E-state index >= 15 is 0 Å². The first kappa shape index (κ1) is 13.1. The molecular formula is C10H14F3NO2. The zero-order valence-corrected chi connectivity index (χ0v) is 9.31. The van der Waals surface area contributed by atoms with Crippen LogP contribution < -0.4 is 5.48 Å². The van der Waals surface area contributed by atoms with Crippen molar-refractivity contribution in [1.29, 1.82) is 0 Å². The lowest BCUT2D eigenvalue weighted by Gasteiger charge is -2.14. The van der Waals surface area contributed by atoms with E-state index in [2.05, 4.69) is 10.3 Å². The molecule has 0 amide bonds. The zero-order valence-electron chi connectivity index (χ0n) is 9.31. The summed E-state index contributed by atoms with van der Waals surface area (Å²) >= 11 is 0. The normalized spacial score (nSPS) is 14.1. The second kappa shape index (κ2) is 4.88. The van der Waals surface area contributed by atoms with Gasteiger partial charge < -0.3 is 4.42 Å². The highest BCUT2D eigenvalue weighted by Gasteiger charge is 2.28. The molecule has 0 saturated heterocycles. The van der Waals surface area contributed by atoms with E-state index in [-0.39, 0.29) is 6.04 Å². The molecule has 0 aliphatic rings. The maximum Gasteiger partial charge on any atom is 0.413 e. The summed E-state index contributed by atoms with van der Waals surface area (Å²) in [5.41, 5.74) is 3.12. The fourth-order valence-electron chi connectivity index (χ4n) is 1.39. The average Bonchev–Trinajstić information content (AvgIpc) is 2.43. The molecule has 0 aliphatic carbocycles. The Morgan fingerprint density at radius 1 is 1.44 bits per heavy atom. The summed E-state index contributed by atoms with van der Waals surface area (Å²) in [4.78, 5) is 4.36.